The summed E-state index contributed by atoms with van der Waals surface area (Å²) < 4.78 is 56.1. The van der Waals surface area contributed by atoms with E-state index in [4.69, 9.17) is 19.9 Å². The molecule has 4 N–H and O–H groups in total. The Morgan fingerprint density at radius 1 is 1.02 bits per heavy atom. The molecule has 0 aromatic heterocycles. The van der Waals surface area contributed by atoms with Gasteiger partial charge in [0.25, 0.3) is 0 Å². The smallest absolute Gasteiger partial charge is 0.471 e. The second-order valence-corrected chi connectivity index (χ2v) is 18.4. The predicted octanol–water partition coefficient (Wildman–Crippen LogP) is 6.59. The molecule has 4 fully saturated rings. The van der Waals surface area contributed by atoms with Crippen LogP contribution in [-0.2, 0) is 33.4 Å². The molecule has 2 bridgehead atoms. The van der Waals surface area contributed by atoms with Crippen LogP contribution >= 0.6 is 0 Å². The van der Waals surface area contributed by atoms with E-state index in [9.17, 15) is 37.5 Å². The summed E-state index contributed by atoms with van der Waals surface area (Å²) >= 11 is 0. The molecule has 4 aliphatic carbocycles. The molecule has 1 saturated heterocycles. The van der Waals surface area contributed by atoms with Gasteiger partial charge in [-0.15, -0.1) is 0 Å². The van der Waals surface area contributed by atoms with Crippen LogP contribution in [-0.4, -0.2) is 73.1 Å². The number of hydrogen-bond acceptors (Lipinski definition) is 8. The Balaban J connectivity index is 1.41. The van der Waals surface area contributed by atoms with E-state index in [0.29, 0.717) is 25.4 Å². The van der Waals surface area contributed by atoms with Crippen LogP contribution in [0.25, 0.3) is 0 Å². The van der Waals surface area contributed by atoms with Crippen LogP contribution in [0.1, 0.15) is 113 Å². The van der Waals surface area contributed by atoms with Gasteiger partial charge in [-0.1, -0.05) is 60.1 Å². The maximum absolute atomic E-state index is 13.5. The van der Waals surface area contributed by atoms with E-state index in [1.165, 1.54) is 12.5 Å². The van der Waals surface area contributed by atoms with Gasteiger partial charge in [0.05, 0.1) is 19.1 Å². The minimum atomic E-state index is -4.96. The first-order valence-electron chi connectivity index (χ1n) is 19.5. The number of amides is 1. The van der Waals surface area contributed by atoms with E-state index in [-0.39, 0.29) is 61.0 Å². The first kappa shape index (κ1) is 41.5. The van der Waals surface area contributed by atoms with Crippen molar-refractivity contribution in [3.05, 3.63) is 11.6 Å². The number of ether oxygens (including phenoxy) is 3. The number of carbonyl (C=O) groups is 4. The molecule has 0 radical (unpaired) electrons. The lowest BCUT2D eigenvalue weighted by Crippen LogP contribution is -2.70. The number of nitrogens with one attached hydrogen (secondary N) is 1. The van der Waals surface area contributed by atoms with Gasteiger partial charge in [-0.25, -0.2) is 0 Å². The van der Waals surface area contributed by atoms with Crippen LogP contribution in [0.2, 0.25) is 0 Å². The molecule has 13 heteroatoms. The van der Waals surface area contributed by atoms with Crippen molar-refractivity contribution in [2.24, 2.45) is 62.4 Å². The zero-order valence-corrected chi connectivity index (χ0v) is 32.7. The average molecular weight is 755 g/mol. The van der Waals surface area contributed by atoms with Gasteiger partial charge in [0, 0.05) is 24.3 Å². The van der Waals surface area contributed by atoms with Crippen LogP contribution in [0, 0.1) is 56.7 Å². The van der Waals surface area contributed by atoms with Gasteiger partial charge < -0.3 is 30.4 Å². The standard InChI is InChI=1S/C40H61F3N2O8/c1-22(2)23(3)35(5)16-17-37(7)25-12-13-29-36(6)20-51-21-39(29,26(25)14-15-38(37,8)30(35)32(47)48)19-28(52-24(4)46)31(36)53-33(49)27(44)11-9-10-18-45-34(50)40(41,42)43/h14,22-23,25,27-31H,9-13,15-21,44H2,1-8H3,(H,45,50)(H,47,48)/t23-,25+,27?,28-,29+,30-,31+,35-,36+,37-,38+,39+/m1/s1. The zero-order chi connectivity index (χ0) is 39.5. The minimum Gasteiger partial charge on any atom is -0.481 e. The van der Waals surface area contributed by atoms with Crippen LogP contribution < -0.4 is 11.1 Å². The number of halogens is 3. The third kappa shape index (κ3) is 6.82. The third-order valence-corrected chi connectivity index (χ3v) is 15.4. The number of unbranched alkanes of at least 4 members (excludes halogenated alkanes) is 1. The number of rotatable bonds is 11. The van der Waals surface area contributed by atoms with Crippen molar-refractivity contribution in [1.29, 1.82) is 0 Å². The van der Waals surface area contributed by atoms with Crippen molar-refractivity contribution in [2.45, 2.75) is 138 Å². The highest BCUT2D eigenvalue weighted by Crippen LogP contribution is 2.75. The Morgan fingerprint density at radius 3 is 2.30 bits per heavy atom. The zero-order valence-electron chi connectivity index (χ0n) is 32.7. The molecule has 10 nitrogen and oxygen atoms in total. The number of aliphatic carboxylic acids is 1. The Kier molecular flexibility index (Phi) is 11.3. The van der Waals surface area contributed by atoms with Crippen molar-refractivity contribution in [3.63, 3.8) is 0 Å². The Labute approximate surface area is 311 Å². The van der Waals surface area contributed by atoms with Gasteiger partial charge in [0.15, 0.2) is 0 Å². The number of carboxylic acid groups (broad SMARTS) is 1. The Morgan fingerprint density at radius 2 is 1.70 bits per heavy atom. The van der Waals surface area contributed by atoms with Crippen molar-refractivity contribution >= 4 is 23.8 Å². The molecule has 300 valence electrons. The van der Waals surface area contributed by atoms with Gasteiger partial charge in [-0.05, 0) is 97.7 Å². The van der Waals surface area contributed by atoms with E-state index < -0.39 is 70.4 Å². The second-order valence-electron chi connectivity index (χ2n) is 18.4. The second kappa shape index (κ2) is 14.4. The van der Waals surface area contributed by atoms with Crippen molar-refractivity contribution in [1.82, 2.24) is 5.32 Å². The lowest BCUT2D eigenvalue weighted by molar-refractivity contribution is -0.263. The van der Waals surface area contributed by atoms with E-state index in [2.05, 4.69) is 47.6 Å². The minimum absolute atomic E-state index is 0.0300. The molecule has 5 aliphatic rings. The maximum atomic E-state index is 13.5. The third-order valence-electron chi connectivity index (χ3n) is 15.4. The van der Waals surface area contributed by atoms with Crippen molar-refractivity contribution < 1.29 is 51.7 Å². The van der Waals surface area contributed by atoms with Gasteiger partial charge in [0.2, 0.25) is 0 Å². The number of carboxylic acids is 1. The number of allylic oxidation sites excluding steroid dienone is 1. The summed E-state index contributed by atoms with van der Waals surface area (Å²) in [5.41, 5.74) is 5.09. The largest absolute Gasteiger partial charge is 0.481 e. The summed E-state index contributed by atoms with van der Waals surface area (Å²) in [5, 5.41) is 12.8. The molecule has 0 aromatic carbocycles. The summed E-state index contributed by atoms with van der Waals surface area (Å²) in [6.07, 6.45) is 0.705. The molecule has 5 rings (SSSR count). The molecular formula is C40H61F3N2O8. The molecule has 12 atom stereocenters. The number of carbonyl (C=O) groups excluding carboxylic acids is 3. The van der Waals surface area contributed by atoms with Crippen LogP contribution in [0.3, 0.4) is 0 Å². The van der Waals surface area contributed by atoms with Gasteiger partial charge in [-0.2, -0.15) is 13.2 Å². The maximum Gasteiger partial charge on any atom is 0.471 e. The van der Waals surface area contributed by atoms with Gasteiger partial charge >= 0.3 is 30.0 Å². The molecular weight excluding hydrogens is 693 g/mol. The first-order chi connectivity index (χ1) is 24.5. The van der Waals surface area contributed by atoms with E-state index in [1.807, 2.05) is 12.2 Å². The first-order valence-corrected chi connectivity index (χ1v) is 19.5. The van der Waals surface area contributed by atoms with Crippen LogP contribution in [0.4, 0.5) is 13.2 Å². The average Bonchev–Trinajstić information content (AvgIpc) is 3.05. The fraction of sp³-hybridized carbons (Fsp3) is 0.850. The topological polar surface area (TPSA) is 154 Å². The summed E-state index contributed by atoms with van der Waals surface area (Å²) in [6, 6.07) is -1.07. The summed E-state index contributed by atoms with van der Waals surface area (Å²) in [5.74, 6) is -3.77. The lowest BCUT2D eigenvalue weighted by Gasteiger charge is -2.71. The highest BCUT2D eigenvalue weighted by molar-refractivity contribution is 5.81. The summed E-state index contributed by atoms with van der Waals surface area (Å²) in [6.45, 7) is 17.1. The van der Waals surface area contributed by atoms with Gasteiger partial charge in [-0.3, -0.25) is 19.2 Å². The molecule has 3 saturated carbocycles. The van der Waals surface area contributed by atoms with Crippen molar-refractivity contribution in [2.75, 3.05) is 19.8 Å². The number of nitrogens with two attached hydrogens (primary N) is 1. The molecule has 1 aliphatic heterocycles. The number of fused-ring (bicyclic) bond motifs is 3. The van der Waals surface area contributed by atoms with Crippen LogP contribution in [0.15, 0.2) is 11.6 Å². The van der Waals surface area contributed by atoms with E-state index in [0.717, 1.165) is 25.7 Å². The van der Waals surface area contributed by atoms with E-state index in [1.54, 1.807) is 0 Å². The predicted molar refractivity (Wildman–Crippen MR) is 190 cm³/mol. The number of hydrogen-bond donors (Lipinski definition) is 3. The van der Waals surface area contributed by atoms with Gasteiger partial charge in [0.1, 0.15) is 18.2 Å². The number of esters is 2. The quantitative estimate of drug-likeness (QED) is 0.120. The van der Waals surface area contributed by atoms with Crippen LogP contribution in [0.5, 0.6) is 0 Å². The molecule has 0 spiro atoms. The number of alkyl halides is 3. The lowest BCUT2D eigenvalue weighted by atomic mass is 9.34. The summed E-state index contributed by atoms with van der Waals surface area (Å²) in [7, 11) is 0. The van der Waals surface area contributed by atoms with Crippen molar-refractivity contribution in [3.8, 4) is 0 Å². The highest BCUT2D eigenvalue weighted by atomic mass is 19.4. The monoisotopic (exact) mass is 754 g/mol. The molecule has 1 amide bonds. The highest BCUT2D eigenvalue weighted by Gasteiger charge is 2.72. The molecule has 1 unspecified atom stereocenters. The Bertz CT molecular complexity index is 1490. The Hall–Kier alpha value is -2.67. The van der Waals surface area contributed by atoms with E-state index >= 15 is 0 Å². The fourth-order valence-corrected chi connectivity index (χ4v) is 12.2. The summed E-state index contributed by atoms with van der Waals surface area (Å²) in [4.78, 5) is 50.6. The molecule has 0 aromatic rings. The fourth-order valence-electron chi connectivity index (χ4n) is 12.2. The molecule has 53 heavy (non-hydrogen) atoms. The SMILES string of the molecule is CC(=O)O[C@@H]1C[C@@]23COC[C@@](C)([C@@H]2CC[C@H]2C3=CC[C@@]3(C)[C@H](C(=O)O)[C@@](C)([C@H](C)C(C)C)CC[C@]23C)[C@H]1OC(=O)C(N)CCCCNC(=O)C(F)(F)F. The normalized spacial score (nSPS) is 40.4. The molecule has 1 heterocycles.